The molecule has 0 spiro atoms. The van der Waals surface area contributed by atoms with Crippen molar-refractivity contribution in [3.63, 3.8) is 0 Å². The van der Waals surface area contributed by atoms with E-state index in [2.05, 4.69) is 0 Å². The van der Waals surface area contributed by atoms with Crippen molar-refractivity contribution in [3.05, 3.63) is 35.1 Å². The van der Waals surface area contributed by atoms with Crippen LogP contribution < -0.4 is 0 Å². The van der Waals surface area contributed by atoms with Gasteiger partial charge in [0, 0.05) is 31.6 Å². The summed E-state index contributed by atoms with van der Waals surface area (Å²) < 4.78 is 51.2. The predicted molar refractivity (Wildman–Crippen MR) is 59.7 cm³/mol. The summed E-state index contributed by atoms with van der Waals surface area (Å²) in [5, 5.41) is 0. The molecule has 18 heavy (non-hydrogen) atoms. The first-order valence-electron chi connectivity index (χ1n) is 5.80. The quantitative estimate of drug-likeness (QED) is 0.760. The molecule has 1 aliphatic rings. The monoisotopic (exact) mass is 260 g/mol. The summed E-state index contributed by atoms with van der Waals surface area (Å²) in [5.74, 6) is -3.05. The number of ether oxygens (including phenoxy) is 2. The normalized spacial score (nSPS) is 28.4. The first-order valence-corrected chi connectivity index (χ1v) is 5.80. The number of methoxy groups -OCH3 is 1. The second-order valence-electron chi connectivity index (χ2n) is 4.58. The molecule has 1 heterocycles. The van der Waals surface area contributed by atoms with Crippen LogP contribution in [0.3, 0.4) is 0 Å². The van der Waals surface area contributed by atoms with Gasteiger partial charge in [0.15, 0.2) is 11.6 Å². The van der Waals surface area contributed by atoms with E-state index in [1.807, 2.05) is 6.92 Å². The molecule has 0 bridgehead atoms. The SMILES string of the molecule is CO[C@]1(c2cc(F)cc(F)c2F)CCO[C@@H](C)C1. The van der Waals surface area contributed by atoms with E-state index in [1.54, 1.807) is 0 Å². The highest BCUT2D eigenvalue weighted by Crippen LogP contribution is 2.39. The molecule has 0 aliphatic carbocycles. The Kier molecular flexibility index (Phi) is 3.64. The molecular formula is C13H15F3O2. The van der Waals surface area contributed by atoms with Gasteiger partial charge in [0.2, 0.25) is 0 Å². The molecule has 2 rings (SSSR count). The second kappa shape index (κ2) is 4.90. The van der Waals surface area contributed by atoms with Gasteiger partial charge >= 0.3 is 0 Å². The van der Waals surface area contributed by atoms with Gasteiger partial charge in [-0.15, -0.1) is 0 Å². The highest BCUT2D eigenvalue weighted by atomic mass is 19.2. The molecule has 0 saturated carbocycles. The lowest BCUT2D eigenvalue weighted by atomic mass is 9.83. The third kappa shape index (κ3) is 2.24. The van der Waals surface area contributed by atoms with E-state index >= 15 is 0 Å². The van der Waals surface area contributed by atoms with Crippen LogP contribution in [0.4, 0.5) is 13.2 Å². The van der Waals surface area contributed by atoms with E-state index in [9.17, 15) is 13.2 Å². The third-order valence-electron chi connectivity index (χ3n) is 3.40. The lowest BCUT2D eigenvalue weighted by Gasteiger charge is -2.39. The molecule has 5 heteroatoms. The van der Waals surface area contributed by atoms with E-state index < -0.39 is 23.1 Å². The zero-order valence-electron chi connectivity index (χ0n) is 10.3. The maximum atomic E-state index is 13.9. The van der Waals surface area contributed by atoms with Crippen LogP contribution in [0.2, 0.25) is 0 Å². The number of benzene rings is 1. The van der Waals surface area contributed by atoms with Gasteiger partial charge in [-0.25, -0.2) is 13.2 Å². The minimum absolute atomic E-state index is 0.0716. The van der Waals surface area contributed by atoms with Gasteiger partial charge in [-0.3, -0.25) is 0 Å². The fourth-order valence-corrected chi connectivity index (χ4v) is 2.48. The van der Waals surface area contributed by atoms with Crippen LogP contribution in [0.1, 0.15) is 25.3 Å². The summed E-state index contributed by atoms with van der Waals surface area (Å²) in [6, 6.07) is 1.53. The molecule has 0 amide bonds. The van der Waals surface area contributed by atoms with Crippen LogP contribution in [-0.2, 0) is 15.1 Å². The summed E-state index contributed by atoms with van der Waals surface area (Å²) in [4.78, 5) is 0. The molecule has 1 aromatic carbocycles. The van der Waals surface area contributed by atoms with Crippen molar-refractivity contribution in [2.45, 2.75) is 31.5 Å². The Balaban J connectivity index is 2.50. The molecule has 2 atom stereocenters. The molecule has 0 unspecified atom stereocenters. The average molecular weight is 260 g/mol. The van der Waals surface area contributed by atoms with Crippen LogP contribution >= 0.6 is 0 Å². The van der Waals surface area contributed by atoms with Crippen LogP contribution in [0.25, 0.3) is 0 Å². The van der Waals surface area contributed by atoms with Crippen LogP contribution in [-0.4, -0.2) is 19.8 Å². The van der Waals surface area contributed by atoms with Gasteiger partial charge in [-0.05, 0) is 13.0 Å². The number of hydrogen-bond donors (Lipinski definition) is 0. The van der Waals surface area contributed by atoms with Gasteiger partial charge < -0.3 is 9.47 Å². The number of halogens is 3. The maximum absolute atomic E-state index is 13.9. The van der Waals surface area contributed by atoms with Crippen molar-refractivity contribution in [2.24, 2.45) is 0 Å². The first kappa shape index (κ1) is 13.4. The summed E-state index contributed by atoms with van der Waals surface area (Å²) >= 11 is 0. The summed E-state index contributed by atoms with van der Waals surface area (Å²) in [6.07, 6.45) is 0.584. The molecule has 1 fully saturated rings. The lowest BCUT2D eigenvalue weighted by Crippen LogP contribution is -2.40. The topological polar surface area (TPSA) is 18.5 Å². The van der Waals surface area contributed by atoms with E-state index in [0.29, 0.717) is 25.5 Å². The molecular weight excluding hydrogens is 245 g/mol. The average Bonchev–Trinajstić information content (AvgIpc) is 2.33. The van der Waals surface area contributed by atoms with Gasteiger partial charge in [-0.1, -0.05) is 0 Å². The van der Waals surface area contributed by atoms with Gasteiger partial charge in [-0.2, -0.15) is 0 Å². The Morgan fingerprint density at radius 2 is 2.06 bits per heavy atom. The summed E-state index contributed by atoms with van der Waals surface area (Å²) in [5.41, 5.74) is -1.09. The van der Waals surface area contributed by atoms with Crippen LogP contribution in [0.15, 0.2) is 12.1 Å². The Morgan fingerprint density at radius 1 is 1.33 bits per heavy atom. The third-order valence-corrected chi connectivity index (χ3v) is 3.40. The van der Waals surface area contributed by atoms with E-state index in [1.165, 1.54) is 7.11 Å². The van der Waals surface area contributed by atoms with Crippen LogP contribution in [0, 0.1) is 17.5 Å². The van der Waals surface area contributed by atoms with E-state index in [0.717, 1.165) is 6.07 Å². The Bertz CT molecular complexity index is 450. The molecule has 1 aromatic rings. The van der Waals surface area contributed by atoms with Gasteiger partial charge in [0.05, 0.1) is 12.7 Å². The predicted octanol–water partition coefficient (Wildman–Crippen LogP) is 3.14. The van der Waals surface area contributed by atoms with Crippen molar-refractivity contribution in [3.8, 4) is 0 Å². The lowest BCUT2D eigenvalue weighted by molar-refractivity contribution is -0.124. The summed E-state index contributed by atoms with van der Waals surface area (Å²) in [6.45, 7) is 2.19. The van der Waals surface area contributed by atoms with E-state index in [-0.39, 0.29) is 11.7 Å². The van der Waals surface area contributed by atoms with Crippen molar-refractivity contribution in [1.82, 2.24) is 0 Å². The van der Waals surface area contributed by atoms with Crippen molar-refractivity contribution in [1.29, 1.82) is 0 Å². The highest BCUT2D eigenvalue weighted by molar-refractivity contribution is 5.27. The Hall–Kier alpha value is -1.07. The minimum atomic E-state index is -1.19. The fourth-order valence-electron chi connectivity index (χ4n) is 2.48. The molecule has 1 saturated heterocycles. The second-order valence-corrected chi connectivity index (χ2v) is 4.58. The van der Waals surface area contributed by atoms with Crippen LogP contribution in [0.5, 0.6) is 0 Å². The van der Waals surface area contributed by atoms with Crippen molar-refractivity contribution in [2.75, 3.05) is 13.7 Å². The Morgan fingerprint density at radius 3 is 2.67 bits per heavy atom. The number of rotatable bonds is 2. The summed E-state index contributed by atoms with van der Waals surface area (Å²) in [7, 11) is 1.42. The van der Waals surface area contributed by atoms with E-state index in [4.69, 9.17) is 9.47 Å². The smallest absolute Gasteiger partial charge is 0.165 e. The fraction of sp³-hybridized carbons (Fsp3) is 0.538. The largest absolute Gasteiger partial charge is 0.378 e. The standard InChI is InChI=1S/C13H15F3O2/c1-8-7-13(17-2,3-4-18-8)10-5-9(14)6-11(15)12(10)16/h5-6,8H,3-4,7H2,1-2H3/t8-,13+/m0/s1. The zero-order valence-corrected chi connectivity index (χ0v) is 10.3. The number of hydrogen-bond acceptors (Lipinski definition) is 2. The first-order chi connectivity index (χ1) is 8.48. The van der Waals surface area contributed by atoms with Crippen molar-refractivity contribution < 1.29 is 22.6 Å². The van der Waals surface area contributed by atoms with Crippen molar-refractivity contribution >= 4 is 0 Å². The Labute approximate surface area is 104 Å². The highest BCUT2D eigenvalue weighted by Gasteiger charge is 2.40. The molecule has 1 aliphatic heterocycles. The van der Waals surface area contributed by atoms with Gasteiger partial charge in [0.25, 0.3) is 0 Å². The molecule has 0 radical (unpaired) electrons. The maximum Gasteiger partial charge on any atom is 0.165 e. The van der Waals surface area contributed by atoms with Gasteiger partial charge in [0.1, 0.15) is 11.4 Å². The zero-order chi connectivity index (χ0) is 13.3. The molecule has 0 aromatic heterocycles. The minimum Gasteiger partial charge on any atom is -0.378 e. The molecule has 2 nitrogen and oxygen atoms in total. The molecule has 0 N–H and O–H groups in total. The molecule has 100 valence electrons.